The lowest BCUT2D eigenvalue weighted by Crippen LogP contribution is -2.46. The number of benzene rings is 1. The van der Waals surface area contributed by atoms with E-state index < -0.39 is 10.0 Å². The van der Waals surface area contributed by atoms with Gasteiger partial charge in [-0.15, -0.1) is 0 Å². The van der Waals surface area contributed by atoms with E-state index in [4.69, 9.17) is 4.74 Å². The van der Waals surface area contributed by atoms with E-state index in [2.05, 4.69) is 5.32 Å². The molecule has 3 heterocycles. The summed E-state index contributed by atoms with van der Waals surface area (Å²) in [5.41, 5.74) is 1.01. The molecular formula is C15H20N2O3S. The molecule has 0 radical (unpaired) electrons. The standard InChI is InChI=1S/C15H20N2O3S/c18-21(19,13-1-2-15-11(9-13)5-8-20-15)17-7-4-14-12(10-17)3-6-16-14/h1-2,9,12,14,16H,3-8,10H2. The first kappa shape index (κ1) is 13.5. The molecule has 0 spiro atoms. The lowest BCUT2D eigenvalue weighted by Gasteiger charge is -2.34. The highest BCUT2D eigenvalue weighted by molar-refractivity contribution is 7.89. The lowest BCUT2D eigenvalue weighted by atomic mass is 9.95. The van der Waals surface area contributed by atoms with Gasteiger partial charge in [-0.1, -0.05) is 0 Å². The van der Waals surface area contributed by atoms with Gasteiger partial charge in [0.15, 0.2) is 0 Å². The van der Waals surface area contributed by atoms with Gasteiger partial charge in [-0.05, 0) is 49.1 Å². The number of nitrogens with one attached hydrogen (secondary N) is 1. The number of ether oxygens (including phenoxy) is 1. The van der Waals surface area contributed by atoms with Gasteiger partial charge in [0.25, 0.3) is 0 Å². The third-order valence-corrected chi connectivity index (χ3v) is 6.78. The summed E-state index contributed by atoms with van der Waals surface area (Å²) in [5.74, 6) is 1.29. The van der Waals surface area contributed by atoms with Gasteiger partial charge in [0.05, 0.1) is 11.5 Å². The summed E-state index contributed by atoms with van der Waals surface area (Å²) >= 11 is 0. The van der Waals surface area contributed by atoms with Gasteiger partial charge in [-0.25, -0.2) is 8.42 Å². The van der Waals surface area contributed by atoms with Crippen LogP contribution in [0.5, 0.6) is 5.75 Å². The number of fused-ring (bicyclic) bond motifs is 2. The van der Waals surface area contributed by atoms with Crippen LogP contribution in [0.1, 0.15) is 18.4 Å². The molecule has 2 unspecified atom stereocenters. The lowest BCUT2D eigenvalue weighted by molar-refractivity contribution is 0.247. The highest BCUT2D eigenvalue weighted by Gasteiger charge is 2.37. The number of hydrogen-bond donors (Lipinski definition) is 1. The quantitative estimate of drug-likeness (QED) is 0.885. The second-order valence-corrected chi connectivity index (χ2v) is 8.07. The summed E-state index contributed by atoms with van der Waals surface area (Å²) in [6.07, 6.45) is 2.79. The number of nitrogens with zero attached hydrogens (tertiary/aromatic N) is 1. The van der Waals surface area contributed by atoms with E-state index in [1.165, 1.54) is 0 Å². The molecule has 0 aromatic heterocycles. The Morgan fingerprint density at radius 3 is 3.10 bits per heavy atom. The van der Waals surface area contributed by atoms with Crippen LogP contribution in [0.4, 0.5) is 0 Å². The van der Waals surface area contributed by atoms with Gasteiger partial charge >= 0.3 is 0 Å². The zero-order chi connectivity index (χ0) is 14.4. The predicted octanol–water partition coefficient (Wildman–Crippen LogP) is 0.994. The van der Waals surface area contributed by atoms with Crippen LogP contribution in [0.25, 0.3) is 0 Å². The van der Waals surface area contributed by atoms with Gasteiger partial charge in [-0.2, -0.15) is 4.31 Å². The van der Waals surface area contributed by atoms with E-state index in [-0.39, 0.29) is 0 Å². The molecule has 0 amide bonds. The maximum atomic E-state index is 12.8. The average Bonchev–Trinajstić information content (AvgIpc) is 3.14. The molecule has 4 rings (SSSR count). The predicted molar refractivity (Wildman–Crippen MR) is 78.9 cm³/mol. The topological polar surface area (TPSA) is 58.6 Å². The normalized spacial score (nSPS) is 29.0. The van der Waals surface area contributed by atoms with Crippen molar-refractivity contribution in [2.45, 2.75) is 30.2 Å². The van der Waals surface area contributed by atoms with Crippen molar-refractivity contribution >= 4 is 10.0 Å². The fourth-order valence-electron chi connectivity index (χ4n) is 3.70. The van der Waals surface area contributed by atoms with Crippen molar-refractivity contribution in [1.82, 2.24) is 9.62 Å². The van der Waals surface area contributed by atoms with Crippen molar-refractivity contribution in [3.63, 3.8) is 0 Å². The number of hydrogen-bond acceptors (Lipinski definition) is 4. The molecule has 5 nitrogen and oxygen atoms in total. The van der Waals surface area contributed by atoms with Crippen LogP contribution in [0, 0.1) is 5.92 Å². The van der Waals surface area contributed by atoms with E-state index in [0.717, 1.165) is 37.1 Å². The summed E-state index contributed by atoms with van der Waals surface area (Å²) in [4.78, 5) is 0.413. The molecule has 6 heteroatoms. The van der Waals surface area contributed by atoms with E-state index in [1.54, 1.807) is 22.5 Å². The molecule has 3 aliphatic rings. The Kier molecular flexibility index (Phi) is 3.20. The molecule has 2 saturated heterocycles. The Morgan fingerprint density at radius 1 is 1.29 bits per heavy atom. The van der Waals surface area contributed by atoms with Crippen molar-refractivity contribution in [2.75, 3.05) is 26.2 Å². The Labute approximate surface area is 125 Å². The molecule has 0 saturated carbocycles. The molecule has 3 aliphatic heterocycles. The average molecular weight is 308 g/mol. The van der Waals surface area contributed by atoms with Crippen molar-refractivity contribution in [2.24, 2.45) is 5.92 Å². The van der Waals surface area contributed by atoms with Crippen molar-refractivity contribution < 1.29 is 13.2 Å². The minimum atomic E-state index is -3.37. The van der Waals surface area contributed by atoms with E-state index >= 15 is 0 Å². The fraction of sp³-hybridized carbons (Fsp3) is 0.600. The third kappa shape index (κ3) is 2.25. The second-order valence-electron chi connectivity index (χ2n) is 6.13. The molecule has 0 bridgehead atoms. The molecule has 21 heavy (non-hydrogen) atoms. The van der Waals surface area contributed by atoms with Crippen LogP contribution < -0.4 is 10.1 Å². The summed E-state index contributed by atoms with van der Waals surface area (Å²) in [7, 11) is -3.37. The summed E-state index contributed by atoms with van der Waals surface area (Å²) < 4.78 is 32.8. The Bertz CT molecular complexity index is 659. The number of piperidine rings is 1. The van der Waals surface area contributed by atoms with Crippen molar-refractivity contribution in [3.8, 4) is 5.75 Å². The minimum Gasteiger partial charge on any atom is -0.493 e. The first-order valence-corrected chi connectivity index (χ1v) is 9.08. The monoisotopic (exact) mass is 308 g/mol. The Morgan fingerprint density at radius 2 is 2.19 bits per heavy atom. The van der Waals surface area contributed by atoms with Gasteiger partial charge in [0, 0.05) is 25.6 Å². The zero-order valence-corrected chi connectivity index (χ0v) is 12.7. The molecule has 1 aromatic rings. The number of rotatable bonds is 2. The van der Waals surface area contributed by atoms with Crippen LogP contribution in [0.15, 0.2) is 23.1 Å². The third-order valence-electron chi connectivity index (χ3n) is 4.92. The molecule has 2 atom stereocenters. The smallest absolute Gasteiger partial charge is 0.243 e. The van der Waals surface area contributed by atoms with Gasteiger partial charge < -0.3 is 10.1 Å². The van der Waals surface area contributed by atoms with E-state index in [9.17, 15) is 8.42 Å². The molecule has 114 valence electrons. The molecule has 1 N–H and O–H groups in total. The van der Waals surface area contributed by atoms with Gasteiger partial charge in [-0.3, -0.25) is 0 Å². The SMILES string of the molecule is O=S(=O)(c1ccc2c(c1)CCO2)N1CCC2NCCC2C1. The molecular weight excluding hydrogens is 288 g/mol. The van der Waals surface area contributed by atoms with Crippen LogP contribution in [-0.4, -0.2) is 45.0 Å². The highest BCUT2D eigenvalue weighted by Crippen LogP contribution is 2.32. The summed E-state index contributed by atoms with van der Waals surface area (Å²) in [6.45, 7) is 2.93. The van der Waals surface area contributed by atoms with Crippen LogP contribution in [0.3, 0.4) is 0 Å². The van der Waals surface area contributed by atoms with Crippen LogP contribution in [0.2, 0.25) is 0 Å². The van der Waals surface area contributed by atoms with Crippen LogP contribution in [-0.2, 0) is 16.4 Å². The first-order valence-electron chi connectivity index (χ1n) is 7.64. The van der Waals surface area contributed by atoms with Gasteiger partial charge in [0.2, 0.25) is 10.0 Å². The minimum absolute atomic E-state index is 0.413. The summed E-state index contributed by atoms with van der Waals surface area (Å²) in [5, 5.41) is 3.47. The fourth-order valence-corrected chi connectivity index (χ4v) is 5.27. The zero-order valence-electron chi connectivity index (χ0n) is 11.9. The van der Waals surface area contributed by atoms with Crippen molar-refractivity contribution in [3.05, 3.63) is 23.8 Å². The molecule has 0 aliphatic carbocycles. The van der Waals surface area contributed by atoms with Crippen molar-refractivity contribution in [1.29, 1.82) is 0 Å². The van der Waals surface area contributed by atoms with E-state index in [1.807, 2.05) is 0 Å². The maximum absolute atomic E-state index is 12.8. The largest absolute Gasteiger partial charge is 0.493 e. The maximum Gasteiger partial charge on any atom is 0.243 e. The van der Waals surface area contributed by atoms with E-state index in [0.29, 0.717) is 36.6 Å². The molecule has 2 fully saturated rings. The van der Waals surface area contributed by atoms with Crippen LogP contribution >= 0.6 is 0 Å². The Hall–Kier alpha value is -1.11. The number of sulfonamides is 1. The second kappa shape index (κ2) is 4.97. The Balaban J connectivity index is 1.61. The first-order chi connectivity index (χ1) is 10.1. The molecule has 1 aromatic carbocycles. The van der Waals surface area contributed by atoms with Gasteiger partial charge in [0.1, 0.15) is 5.75 Å². The summed E-state index contributed by atoms with van der Waals surface area (Å²) in [6, 6.07) is 5.76. The highest BCUT2D eigenvalue weighted by atomic mass is 32.2.